The fraction of sp³-hybridized carbons (Fsp3) is 1.00. The zero-order chi connectivity index (χ0) is 10.8. The molecular formula is C12H20O4. The fourth-order valence-electron chi connectivity index (χ4n) is 2.23. The lowest BCUT2D eigenvalue weighted by atomic mass is 9.94. The first-order valence-corrected chi connectivity index (χ1v) is 6.38. The SMILES string of the molecule is C1CC[C@H](OC[C@@H]2CO2)[C@@H](OC[C@@H]2CO2)C1. The minimum atomic E-state index is 0.275. The van der Waals surface area contributed by atoms with Gasteiger partial charge in [0.25, 0.3) is 0 Å². The lowest BCUT2D eigenvalue weighted by Gasteiger charge is -2.31. The van der Waals surface area contributed by atoms with E-state index in [1.807, 2.05) is 0 Å². The van der Waals surface area contributed by atoms with Crippen LogP contribution >= 0.6 is 0 Å². The van der Waals surface area contributed by atoms with Gasteiger partial charge >= 0.3 is 0 Å². The summed E-state index contributed by atoms with van der Waals surface area (Å²) in [4.78, 5) is 0. The van der Waals surface area contributed by atoms with E-state index in [2.05, 4.69) is 0 Å². The predicted octanol–water partition coefficient (Wildman–Crippen LogP) is 1.13. The van der Waals surface area contributed by atoms with Crippen LogP contribution in [0.5, 0.6) is 0 Å². The summed E-state index contributed by atoms with van der Waals surface area (Å²) < 4.78 is 22.1. The molecule has 0 bridgehead atoms. The highest BCUT2D eigenvalue weighted by molar-refractivity contribution is 4.80. The second-order valence-electron chi connectivity index (χ2n) is 4.94. The summed E-state index contributed by atoms with van der Waals surface area (Å²) in [6.07, 6.45) is 6.04. The molecule has 3 rings (SSSR count). The predicted molar refractivity (Wildman–Crippen MR) is 57.4 cm³/mol. The van der Waals surface area contributed by atoms with E-state index >= 15 is 0 Å². The van der Waals surface area contributed by atoms with Crippen LogP contribution in [0.15, 0.2) is 0 Å². The van der Waals surface area contributed by atoms with E-state index in [9.17, 15) is 0 Å². The molecule has 2 heterocycles. The van der Waals surface area contributed by atoms with Crippen LogP contribution in [0.25, 0.3) is 0 Å². The van der Waals surface area contributed by atoms with Gasteiger partial charge in [0.15, 0.2) is 0 Å². The molecule has 0 radical (unpaired) electrons. The minimum absolute atomic E-state index is 0.275. The molecule has 2 aliphatic heterocycles. The van der Waals surface area contributed by atoms with E-state index in [1.165, 1.54) is 12.8 Å². The monoisotopic (exact) mass is 228 g/mol. The summed E-state index contributed by atoms with van der Waals surface area (Å²) in [6.45, 7) is 3.22. The Morgan fingerprint density at radius 3 is 1.62 bits per heavy atom. The van der Waals surface area contributed by atoms with Gasteiger partial charge in [0, 0.05) is 0 Å². The van der Waals surface area contributed by atoms with E-state index in [0.29, 0.717) is 12.2 Å². The van der Waals surface area contributed by atoms with Gasteiger partial charge in [0.05, 0.1) is 38.6 Å². The van der Waals surface area contributed by atoms with Crippen molar-refractivity contribution in [2.75, 3.05) is 26.4 Å². The molecule has 0 aromatic rings. The zero-order valence-corrected chi connectivity index (χ0v) is 9.60. The van der Waals surface area contributed by atoms with Crippen molar-refractivity contribution < 1.29 is 18.9 Å². The molecule has 2 saturated heterocycles. The Labute approximate surface area is 96.2 Å². The van der Waals surface area contributed by atoms with Crippen LogP contribution in [-0.4, -0.2) is 50.8 Å². The van der Waals surface area contributed by atoms with Gasteiger partial charge in [0.2, 0.25) is 0 Å². The Morgan fingerprint density at radius 2 is 1.25 bits per heavy atom. The lowest BCUT2D eigenvalue weighted by Crippen LogP contribution is -2.36. The van der Waals surface area contributed by atoms with Crippen molar-refractivity contribution in [3.8, 4) is 0 Å². The first-order valence-electron chi connectivity index (χ1n) is 6.38. The van der Waals surface area contributed by atoms with Crippen LogP contribution in [0, 0.1) is 0 Å². The maximum atomic E-state index is 5.88. The van der Waals surface area contributed by atoms with E-state index in [1.54, 1.807) is 0 Å². The molecule has 0 amide bonds. The number of hydrogen-bond donors (Lipinski definition) is 0. The van der Waals surface area contributed by atoms with Crippen LogP contribution < -0.4 is 0 Å². The molecule has 92 valence electrons. The van der Waals surface area contributed by atoms with Crippen LogP contribution in [0.3, 0.4) is 0 Å². The summed E-state index contributed by atoms with van der Waals surface area (Å²) in [5, 5.41) is 0. The van der Waals surface area contributed by atoms with Crippen molar-refractivity contribution in [3.05, 3.63) is 0 Å². The van der Waals surface area contributed by atoms with Crippen molar-refractivity contribution in [2.45, 2.75) is 50.1 Å². The molecular weight excluding hydrogens is 208 g/mol. The summed E-state index contributed by atoms with van der Waals surface area (Å²) in [5.41, 5.74) is 0. The van der Waals surface area contributed by atoms with Crippen LogP contribution in [0.4, 0.5) is 0 Å². The molecule has 0 spiro atoms. The Kier molecular flexibility index (Phi) is 3.43. The Morgan fingerprint density at radius 1 is 0.812 bits per heavy atom. The van der Waals surface area contributed by atoms with Gasteiger partial charge in [-0.2, -0.15) is 0 Å². The Bertz CT molecular complexity index is 201. The van der Waals surface area contributed by atoms with Crippen molar-refractivity contribution in [2.24, 2.45) is 0 Å². The molecule has 4 nitrogen and oxygen atoms in total. The van der Waals surface area contributed by atoms with E-state index in [0.717, 1.165) is 39.3 Å². The maximum absolute atomic E-state index is 5.88. The normalized spacial score (nSPS) is 42.0. The average Bonchev–Trinajstić information content (AvgIpc) is 3.17. The largest absolute Gasteiger partial charge is 0.373 e. The van der Waals surface area contributed by atoms with Gasteiger partial charge in [-0.25, -0.2) is 0 Å². The smallest absolute Gasteiger partial charge is 0.104 e. The highest BCUT2D eigenvalue weighted by Crippen LogP contribution is 2.26. The molecule has 0 unspecified atom stereocenters. The third-order valence-corrected chi connectivity index (χ3v) is 3.44. The molecule has 3 aliphatic rings. The Hall–Kier alpha value is -0.160. The minimum Gasteiger partial charge on any atom is -0.373 e. The van der Waals surface area contributed by atoms with Gasteiger partial charge in [-0.15, -0.1) is 0 Å². The molecule has 0 aromatic heterocycles. The molecule has 3 fully saturated rings. The van der Waals surface area contributed by atoms with Crippen LogP contribution in [0.2, 0.25) is 0 Å². The Balaban J connectivity index is 1.42. The first kappa shape index (κ1) is 11.0. The highest BCUT2D eigenvalue weighted by Gasteiger charge is 2.32. The summed E-state index contributed by atoms with van der Waals surface area (Å²) in [7, 11) is 0. The number of hydrogen-bond acceptors (Lipinski definition) is 4. The second kappa shape index (κ2) is 5.00. The third kappa shape index (κ3) is 3.17. The molecule has 4 atom stereocenters. The summed E-state index contributed by atoms with van der Waals surface area (Å²) in [5.74, 6) is 0. The van der Waals surface area contributed by atoms with Gasteiger partial charge in [-0.05, 0) is 12.8 Å². The van der Waals surface area contributed by atoms with Gasteiger partial charge in [-0.3, -0.25) is 0 Å². The molecule has 0 N–H and O–H groups in total. The average molecular weight is 228 g/mol. The fourth-order valence-corrected chi connectivity index (χ4v) is 2.23. The van der Waals surface area contributed by atoms with Crippen molar-refractivity contribution >= 4 is 0 Å². The van der Waals surface area contributed by atoms with E-state index < -0.39 is 0 Å². The number of rotatable bonds is 6. The van der Waals surface area contributed by atoms with Gasteiger partial charge in [-0.1, -0.05) is 12.8 Å². The number of ether oxygens (including phenoxy) is 4. The van der Waals surface area contributed by atoms with Crippen LogP contribution in [-0.2, 0) is 18.9 Å². The van der Waals surface area contributed by atoms with Gasteiger partial charge < -0.3 is 18.9 Å². The number of epoxide rings is 2. The maximum Gasteiger partial charge on any atom is 0.104 e. The standard InChI is InChI=1S/C12H20O4/c1-2-4-12(16-8-10-6-14-10)11(3-1)15-7-9-5-13-9/h9-12H,1-8H2/t9-,10-,11-,12-/m0/s1. The first-order chi connectivity index (χ1) is 7.92. The third-order valence-electron chi connectivity index (χ3n) is 3.44. The molecule has 0 aromatic carbocycles. The van der Waals surface area contributed by atoms with Crippen molar-refractivity contribution in [1.29, 1.82) is 0 Å². The van der Waals surface area contributed by atoms with Crippen LogP contribution in [0.1, 0.15) is 25.7 Å². The quantitative estimate of drug-likeness (QED) is 0.639. The second-order valence-corrected chi connectivity index (χ2v) is 4.94. The van der Waals surface area contributed by atoms with Gasteiger partial charge in [0.1, 0.15) is 12.2 Å². The lowest BCUT2D eigenvalue weighted by molar-refractivity contribution is -0.0968. The highest BCUT2D eigenvalue weighted by atomic mass is 16.6. The van der Waals surface area contributed by atoms with E-state index in [4.69, 9.17) is 18.9 Å². The molecule has 16 heavy (non-hydrogen) atoms. The van der Waals surface area contributed by atoms with Crippen molar-refractivity contribution in [1.82, 2.24) is 0 Å². The summed E-state index contributed by atoms with van der Waals surface area (Å²) >= 11 is 0. The molecule has 1 aliphatic carbocycles. The van der Waals surface area contributed by atoms with Crippen molar-refractivity contribution in [3.63, 3.8) is 0 Å². The molecule has 4 heteroatoms. The zero-order valence-electron chi connectivity index (χ0n) is 9.60. The topological polar surface area (TPSA) is 43.5 Å². The molecule has 1 saturated carbocycles. The summed E-state index contributed by atoms with van der Waals surface area (Å²) in [6, 6.07) is 0. The van der Waals surface area contributed by atoms with E-state index in [-0.39, 0.29) is 12.2 Å².